The van der Waals surface area contributed by atoms with Crippen LogP contribution >= 0.6 is 0 Å². The Kier molecular flexibility index (Phi) is 4.69. The molecular weight excluding hydrogens is 248 g/mol. The highest BCUT2D eigenvalue weighted by atomic mass is 16.2. The molecule has 0 atom stereocenters. The average molecular weight is 274 g/mol. The van der Waals surface area contributed by atoms with Crippen molar-refractivity contribution in [2.75, 3.05) is 12.3 Å². The van der Waals surface area contributed by atoms with Crippen molar-refractivity contribution in [3.05, 3.63) is 29.3 Å². The van der Waals surface area contributed by atoms with E-state index in [9.17, 15) is 4.79 Å². The van der Waals surface area contributed by atoms with E-state index in [0.717, 1.165) is 30.5 Å². The van der Waals surface area contributed by atoms with E-state index in [1.54, 1.807) is 0 Å². The summed E-state index contributed by atoms with van der Waals surface area (Å²) < 4.78 is 0. The molecule has 1 aliphatic rings. The van der Waals surface area contributed by atoms with Crippen molar-refractivity contribution in [3.8, 4) is 0 Å². The van der Waals surface area contributed by atoms with Gasteiger partial charge in [0.1, 0.15) is 0 Å². The molecule has 0 saturated heterocycles. The predicted octanol–water partition coefficient (Wildman–Crippen LogP) is 3.62. The Labute approximate surface area is 122 Å². The second kappa shape index (κ2) is 6.29. The smallest absolute Gasteiger partial charge is 0.254 e. The largest absolute Gasteiger partial charge is 0.398 e. The number of amides is 1. The lowest BCUT2D eigenvalue weighted by Gasteiger charge is -2.31. The van der Waals surface area contributed by atoms with E-state index in [4.69, 9.17) is 5.73 Å². The van der Waals surface area contributed by atoms with Gasteiger partial charge in [0.2, 0.25) is 0 Å². The van der Waals surface area contributed by atoms with Crippen LogP contribution in [0, 0.1) is 12.8 Å². The van der Waals surface area contributed by atoms with Gasteiger partial charge in [-0.05, 0) is 43.4 Å². The molecule has 1 fully saturated rings. The first kappa shape index (κ1) is 14.9. The Morgan fingerprint density at radius 2 is 2.00 bits per heavy atom. The van der Waals surface area contributed by atoms with Crippen molar-refractivity contribution >= 4 is 11.6 Å². The maximum atomic E-state index is 12.9. The quantitative estimate of drug-likeness (QED) is 0.852. The van der Waals surface area contributed by atoms with Crippen LogP contribution in [0.2, 0.25) is 0 Å². The number of hydrogen-bond donors (Lipinski definition) is 1. The third-order valence-electron chi connectivity index (χ3n) is 4.19. The second-order valence-electron chi connectivity index (χ2n) is 6.31. The minimum Gasteiger partial charge on any atom is -0.398 e. The Bertz CT molecular complexity index is 476. The van der Waals surface area contributed by atoms with Crippen LogP contribution in [0.3, 0.4) is 0 Å². The van der Waals surface area contributed by atoms with Gasteiger partial charge in [-0.3, -0.25) is 4.79 Å². The summed E-state index contributed by atoms with van der Waals surface area (Å²) >= 11 is 0. The van der Waals surface area contributed by atoms with Crippen LogP contribution in [0.5, 0.6) is 0 Å². The number of rotatable bonds is 4. The molecule has 1 aromatic carbocycles. The van der Waals surface area contributed by atoms with Crippen molar-refractivity contribution in [2.24, 2.45) is 5.92 Å². The van der Waals surface area contributed by atoms with E-state index >= 15 is 0 Å². The minimum atomic E-state index is 0.149. The summed E-state index contributed by atoms with van der Waals surface area (Å²) in [7, 11) is 0. The average Bonchev–Trinajstić information content (AvgIpc) is 2.92. The first-order chi connectivity index (χ1) is 9.50. The molecule has 0 bridgehead atoms. The lowest BCUT2D eigenvalue weighted by molar-refractivity contribution is 0.0655. The highest BCUT2D eigenvalue weighted by Gasteiger charge is 2.28. The van der Waals surface area contributed by atoms with Crippen LogP contribution in [-0.2, 0) is 0 Å². The number of nitrogens with zero attached hydrogens (tertiary/aromatic N) is 1. The lowest BCUT2D eigenvalue weighted by Crippen LogP contribution is -2.41. The maximum absolute atomic E-state index is 12.9. The number of anilines is 1. The van der Waals surface area contributed by atoms with Crippen LogP contribution in [-0.4, -0.2) is 23.4 Å². The molecular formula is C17H26N2O. The highest BCUT2D eigenvalue weighted by Crippen LogP contribution is 2.27. The lowest BCUT2D eigenvalue weighted by atomic mass is 10.0. The summed E-state index contributed by atoms with van der Waals surface area (Å²) in [5.41, 5.74) is 8.31. The van der Waals surface area contributed by atoms with Crippen molar-refractivity contribution in [1.29, 1.82) is 0 Å². The van der Waals surface area contributed by atoms with E-state index in [-0.39, 0.29) is 5.91 Å². The SMILES string of the molecule is Cc1c(N)cccc1C(=O)N(CC(C)C)C1CCCC1. The summed E-state index contributed by atoms with van der Waals surface area (Å²) in [4.78, 5) is 15.0. The standard InChI is InChI=1S/C17H26N2O/c1-12(2)11-19(14-7-4-5-8-14)17(20)15-9-6-10-16(18)13(15)3/h6,9-10,12,14H,4-5,7-8,11,18H2,1-3H3. The van der Waals surface area contributed by atoms with Gasteiger partial charge in [0.15, 0.2) is 0 Å². The normalized spacial score (nSPS) is 15.8. The topological polar surface area (TPSA) is 46.3 Å². The Morgan fingerprint density at radius 1 is 1.35 bits per heavy atom. The van der Waals surface area contributed by atoms with Crippen LogP contribution < -0.4 is 5.73 Å². The predicted molar refractivity (Wildman–Crippen MR) is 83.7 cm³/mol. The van der Waals surface area contributed by atoms with Gasteiger partial charge < -0.3 is 10.6 Å². The van der Waals surface area contributed by atoms with Crippen LogP contribution in [0.1, 0.15) is 55.5 Å². The number of benzene rings is 1. The molecule has 0 aromatic heterocycles. The first-order valence-corrected chi connectivity index (χ1v) is 7.66. The molecule has 0 spiro atoms. The van der Waals surface area contributed by atoms with E-state index in [1.165, 1.54) is 12.8 Å². The third kappa shape index (κ3) is 3.14. The fourth-order valence-electron chi connectivity index (χ4n) is 3.05. The third-order valence-corrected chi connectivity index (χ3v) is 4.19. The first-order valence-electron chi connectivity index (χ1n) is 7.66. The van der Waals surface area contributed by atoms with E-state index in [1.807, 2.05) is 25.1 Å². The van der Waals surface area contributed by atoms with Crippen LogP contribution in [0.15, 0.2) is 18.2 Å². The molecule has 3 heteroatoms. The van der Waals surface area contributed by atoms with E-state index in [2.05, 4.69) is 18.7 Å². The van der Waals surface area contributed by atoms with Crippen molar-refractivity contribution in [1.82, 2.24) is 4.90 Å². The molecule has 1 amide bonds. The molecule has 110 valence electrons. The molecule has 1 aliphatic carbocycles. The van der Waals surface area contributed by atoms with Crippen molar-refractivity contribution in [2.45, 2.75) is 52.5 Å². The molecule has 0 aliphatic heterocycles. The second-order valence-corrected chi connectivity index (χ2v) is 6.31. The molecule has 2 N–H and O–H groups in total. The monoisotopic (exact) mass is 274 g/mol. The maximum Gasteiger partial charge on any atom is 0.254 e. The van der Waals surface area contributed by atoms with Gasteiger partial charge in [-0.25, -0.2) is 0 Å². The summed E-state index contributed by atoms with van der Waals surface area (Å²) in [6.45, 7) is 7.10. The summed E-state index contributed by atoms with van der Waals surface area (Å²) in [5.74, 6) is 0.635. The Balaban J connectivity index is 2.27. The molecule has 0 radical (unpaired) electrons. The molecule has 20 heavy (non-hydrogen) atoms. The van der Waals surface area contributed by atoms with E-state index < -0.39 is 0 Å². The zero-order valence-electron chi connectivity index (χ0n) is 12.9. The molecule has 1 aromatic rings. The highest BCUT2D eigenvalue weighted by molar-refractivity contribution is 5.97. The number of hydrogen-bond acceptors (Lipinski definition) is 2. The number of nitrogen functional groups attached to an aromatic ring is 1. The van der Waals surface area contributed by atoms with Gasteiger partial charge in [0.25, 0.3) is 5.91 Å². The Morgan fingerprint density at radius 3 is 2.60 bits per heavy atom. The molecule has 0 heterocycles. The summed E-state index contributed by atoms with van der Waals surface area (Å²) in [6, 6.07) is 6.04. The number of carbonyl (C=O) groups is 1. The fraction of sp³-hybridized carbons (Fsp3) is 0.588. The van der Waals surface area contributed by atoms with Gasteiger partial charge in [-0.1, -0.05) is 32.8 Å². The zero-order chi connectivity index (χ0) is 14.7. The van der Waals surface area contributed by atoms with Gasteiger partial charge >= 0.3 is 0 Å². The van der Waals surface area contributed by atoms with Gasteiger partial charge in [-0.2, -0.15) is 0 Å². The molecule has 0 unspecified atom stereocenters. The van der Waals surface area contributed by atoms with Gasteiger partial charge in [0.05, 0.1) is 0 Å². The zero-order valence-corrected chi connectivity index (χ0v) is 12.9. The summed E-state index contributed by atoms with van der Waals surface area (Å²) in [6.07, 6.45) is 4.75. The Hall–Kier alpha value is -1.51. The van der Waals surface area contributed by atoms with Crippen molar-refractivity contribution in [3.63, 3.8) is 0 Å². The minimum absolute atomic E-state index is 0.149. The van der Waals surface area contributed by atoms with Gasteiger partial charge in [-0.15, -0.1) is 0 Å². The molecule has 2 rings (SSSR count). The number of carbonyl (C=O) groups excluding carboxylic acids is 1. The molecule has 3 nitrogen and oxygen atoms in total. The van der Waals surface area contributed by atoms with Crippen molar-refractivity contribution < 1.29 is 4.79 Å². The summed E-state index contributed by atoms with van der Waals surface area (Å²) in [5, 5.41) is 0. The molecule has 1 saturated carbocycles. The van der Waals surface area contributed by atoms with E-state index in [0.29, 0.717) is 17.6 Å². The fourth-order valence-corrected chi connectivity index (χ4v) is 3.05. The van der Waals surface area contributed by atoms with Crippen LogP contribution in [0.4, 0.5) is 5.69 Å². The van der Waals surface area contributed by atoms with Gasteiger partial charge in [0, 0.05) is 23.8 Å². The number of nitrogens with two attached hydrogens (primary N) is 1. The van der Waals surface area contributed by atoms with Crippen LogP contribution in [0.25, 0.3) is 0 Å².